The summed E-state index contributed by atoms with van der Waals surface area (Å²) in [6, 6.07) is 6.76. The third-order valence-corrected chi connectivity index (χ3v) is 5.57. The van der Waals surface area contributed by atoms with Crippen molar-refractivity contribution in [2.45, 2.75) is 19.9 Å². The van der Waals surface area contributed by atoms with Crippen LogP contribution in [0.5, 0.6) is 5.75 Å². The van der Waals surface area contributed by atoms with Gasteiger partial charge in [-0.2, -0.15) is 0 Å². The molecule has 0 radical (unpaired) electrons. The number of nitrogens with one attached hydrogen (secondary N) is 1. The first-order valence-corrected chi connectivity index (χ1v) is 9.45. The summed E-state index contributed by atoms with van der Waals surface area (Å²) < 4.78 is 22.8. The molecule has 25 heavy (non-hydrogen) atoms. The predicted molar refractivity (Wildman–Crippen MR) is 95.0 cm³/mol. The Balaban J connectivity index is 1.81. The van der Waals surface area contributed by atoms with Crippen molar-refractivity contribution in [1.82, 2.24) is 10.3 Å². The number of aromatic nitrogens is 1. The van der Waals surface area contributed by atoms with Crippen molar-refractivity contribution in [3.8, 4) is 16.9 Å². The molecule has 7 heteroatoms. The smallest absolute Gasteiger partial charge is 0.274 e. The van der Waals surface area contributed by atoms with Crippen LogP contribution in [0.2, 0.25) is 0 Å². The zero-order valence-electron chi connectivity index (χ0n) is 13.9. The number of hydrogen-bond acceptors (Lipinski definition) is 5. The van der Waals surface area contributed by atoms with E-state index >= 15 is 0 Å². The summed E-state index contributed by atoms with van der Waals surface area (Å²) >= 11 is 0. The van der Waals surface area contributed by atoms with Crippen LogP contribution in [-0.4, -0.2) is 36.2 Å². The van der Waals surface area contributed by atoms with Crippen LogP contribution in [0.1, 0.15) is 21.6 Å². The summed E-state index contributed by atoms with van der Waals surface area (Å²) in [4.78, 5) is 16.3. The van der Waals surface area contributed by atoms with Crippen molar-refractivity contribution in [2.24, 2.45) is 0 Å². The highest BCUT2D eigenvalue weighted by molar-refractivity contribution is 7.94. The number of pyridine rings is 1. The van der Waals surface area contributed by atoms with Crippen molar-refractivity contribution in [3.05, 3.63) is 58.8 Å². The minimum Gasteiger partial charge on any atom is -0.505 e. The van der Waals surface area contributed by atoms with Crippen molar-refractivity contribution in [2.75, 3.05) is 5.75 Å². The number of amides is 1. The minimum absolute atomic E-state index is 0.134. The number of sulfone groups is 1. The highest BCUT2D eigenvalue weighted by Gasteiger charge is 2.25. The van der Waals surface area contributed by atoms with Crippen LogP contribution in [-0.2, 0) is 9.84 Å². The van der Waals surface area contributed by atoms with E-state index in [-0.39, 0.29) is 17.2 Å². The van der Waals surface area contributed by atoms with E-state index in [4.69, 9.17) is 0 Å². The number of carbonyl (C=O) groups is 1. The highest BCUT2D eigenvalue weighted by Crippen LogP contribution is 2.26. The molecule has 6 nitrogen and oxygen atoms in total. The van der Waals surface area contributed by atoms with Gasteiger partial charge in [-0.1, -0.05) is 18.2 Å². The summed E-state index contributed by atoms with van der Waals surface area (Å²) in [6.45, 7) is 4.01. The Hall–Kier alpha value is -2.67. The Morgan fingerprint density at radius 1 is 1.20 bits per heavy atom. The fourth-order valence-corrected chi connectivity index (χ4v) is 3.84. The van der Waals surface area contributed by atoms with Crippen LogP contribution in [0.3, 0.4) is 0 Å². The standard InChI is InChI=1S/C18H18N2O4S/c1-11-3-4-13(7-12(11)2)14-8-16(21)17(19-9-14)18(22)20-15-5-6-25(23,24)10-15/h3-9,15,21H,10H2,1-2H3,(H,20,22). The molecule has 1 aromatic heterocycles. The Labute approximate surface area is 146 Å². The maximum atomic E-state index is 12.2. The van der Waals surface area contributed by atoms with Gasteiger partial charge in [-0.25, -0.2) is 13.4 Å². The monoisotopic (exact) mass is 358 g/mol. The molecule has 1 amide bonds. The number of aromatic hydroxyl groups is 1. The number of carbonyl (C=O) groups excluding carboxylic acids is 1. The highest BCUT2D eigenvalue weighted by atomic mass is 32.2. The molecule has 130 valence electrons. The Morgan fingerprint density at radius 2 is 1.96 bits per heavy atom. The molecule has 1 aliphatic rings. The predicted octanol–water partition coefficient (Wildman–Crippen LogP) is 2.11. The van der Waals surface area contributed by atoms with Gasteiger partial charge in [-0.3, -0.25) is 4.79 Å². The Morgan fingerprint density at radius 3 is 2.56 bits per heavy atom. The van der Waals surface area contributed by atoms with Crippen molar-refractivity contribution < 1.29 is 18.3 Å². The molecular formula is C18H18N2O4S. The quantitative estimate of drug-likeness (QED) is 0.876. The summed E-state index contributed by atoms with van der Waals surface area (Å²) in [5.74, 6) is -1.05. The second-order valence-corrected chi connectivity index (χ2v) is 8.06. The molecule has 0 bridgehead atoms. The number of hydrogen-bond donors (Lipinski definition) is 2. The molecule has 2 aromatic rings. The van der Waals surface area contributed by atoms with E-state index in [0.29, 0.717) is 5.56 Å². The van der Waals surface area contributed by atoms with E-state index in [9.17, 15) is 18.3 Å². The second kappa shape index (κ2) is 6.33. The topological polar surface area (TPSA) is 96.4 Å². The second-order valence-electron chi connectivity index (χ2n) is 6.13. The van der Waals surface area contributed by atoms with Gasteiger partial charge >= 0.3 is 0 Å². The molecule has 0 fully saturated rings. The van der Waals surface area contributed by atoms with Gasteiger partial charge in [0.2, 0.25) is 0 Å². The lowest BCUT2D eigenvalue weighted by Crippen LogP contribution is -2.35. The van der Waals surface area contributed by atoms with Crippen molar-refractivity contribution >= 4 is 15.7 Å². The Kier molecular flexibility index (Phi) is 4.34. The first kappa shape index (κ1) is 17.2. The van der Waals surface area contributed by atoms with Gasteiger partial charge < -0.3 is 10.4 Å². The first-order valence-electron chi connectivity index (χ1n) is 7.73. The van der Waals surface area contributed by atoms with Crippen LogP contribution in [0.4, 0.5) is 0 Å². The third kappa shape index (κ3) is 3.71. The molecule has 1 aromatic carbocycles. The van der Waals surface area contributed by atoms with Crippen LogP contribution >= 0.6 is 0 Å². The zero-order valence-corrected chi connectivity index (χ0v) is 14.7. The number of aryl methyl sites for hydroxylation is 2. The van der Waals surface area contributed by atoms with Gasteiger partial charge in [-0.15, -0.1) is 0 Å². The summed E-state index contributed by atoms with van der Waals surface area (Å²) in [5.41, 5.74) is 3.73. The molecule has 3 rings (SSSR count). The number of benzene rings is 1. The average molecular weight is 358 g/mol. The maximum absolute atomic E-state index is 12.2. The molecule has 2 N–H and O–H groups in total. The molecule has 2 heterocycles. The minimum atomic E-state index is -3.26. The van der Waals surface area contributed by atoms with Gasteiger partial charge in [0.15, 0.2) is 15.5 Å². The van der Waals surface area contributed by atoms with Gasteiger partial charge in [0.25, 0.3) is 5.91 Å². The van der Waals surface area contributed by atoms with E-state index in [0.717, 1.165) is 22.1 Å². The molecule has 0 aliphatic carbocycles. The van der Waals surface area contributed by atoms with Gasteiger partial charge in [0, 0.05) is 17.2 Å². The molecular weight excluding hydrogens is 340 g/mol. The SMILES string of the molecule is Cc1ccc(-c2cnc(C(=O)NC3C=CS(=O)(=O)C3)c(O)c2)cc1C. The molecule has 0 saturated carbocycles. The fraction of sp³-hybridized carbons (Fsp3) is 0.222. The summed E-state index contributed by atoms with van der Waals surface area (Å²) in [7, 11) is -3.26. The average Bonchev–Trinajstić information content (AvgIpc) is 2.88. The lowest BCUT2D eigenvalue weighted by atomic mass is 10.0. The van der Waals surface area contributed by atoms with Crippen LogP contribution in [0, 0.1) is 13.8 Å². The van der Waals surface area contributed by atoms with E-state index < -0.39 is 21.8 Å². The van der Waals surface area contributed by atoms with E-state index in [2.05, 4.69) is 10.3 Å². The number of nitrogens with zero attached hydrogens (tertiary/aromatic N) is 1. The van der Waals surface area contributed by atoms with Crippen molar-refractivity contribution in [3.63, 3.8) is 0 Å². The van der Waals surface area contributed by atoms with Crippen LogP contribution in [0.25, 0.3) is 11.1 Å². The molecule has 1 atom stereocenters. The molecule has 1 aliphatic heterocycles. The summed E-state index contributed by atoms with van der Waals surface area (Å²) in [6.07, 6.45) is 2.92. The molecule has 0 saturated heterocycles. The molecule has 1 unspecified atom stereocenters. The van der Waals surface area contributed by atoms with Gasteiger partial charge in [-0.05, 0) is 42.7 Å². The van der Waals surface area contributed by atoms with Crippen LogP contribution < -0.4 is 5.32 Å². The zero-order chi connectivity index (χ0) is 18.2. The van der Waals surface area contributed by atoms with Crippen LogP contribution in [0.15, 0.2) is 41.9 Å². The lowest BCUT2D eigenvalue weighted by Gasteiger charge is -2.11. The van der Waals surface area contributed by atoms with Crippen molar-refractivity contribution in [1.29, 1.82) is 0 Å². The van der Waals surface area contributed by atoms with Gasteiger partial charge in [0.05, 0.1) is 11.8 Å². The normalized spacial score (nSPS) is 18.2. The maximum Gasteiger partial charge on any atom is 0.274 e. The van der Waals surface area contributed by atoms with E-state index in [1.54, 1.807) is 0 Å². The lowest BCUT2D eigenvalue weighted by molar-refractivity contribution is 0.0940. The molecule has 0 spiro atoms. The number of rotatable bonds is 3. The third-order valence-electron chi connectivity index (χ3n) is 4.17. The fourth-order valence-electron chi connectivity index (χ4n) is 2.61. The van der Waals surface area contributed by atoms with E-state index in [1.165, 1.54) is 18.3 Å². The Bertz CT molecular complexity index is 981. The first-order chi connectivity index (χ1) is 11.7. The summed E-state index contributed by atoms with van der Waals surface area (Å²) in [5, 5.41) is 13.8. The van der Waals surface area contributed by atoms with Gasteiger partial charge in [0.1, 0.15) is 5.75 Å². The van der Waals surface area contributed by atoms with E-state index in [1.807, 2.05) is 32.0 Å². The largest absolute Gasteiger partial charge is 0.505 e.